The van der Waals surface area contributed by atoms with E-state index in [9.17, 15) is 13.2 Å². The Morgan fingerprint density at radius 1 is 0.957 bits per heavy atom. The van der Waals surface area contributed by atoms with Gasteiger partial charge in [0.1, 0.15) is 0 Å². The molecule has 3 rings (SSSR count). The van der Waals surface area contributed by atoms with Gasteiger partial charge >= 0.3 is 6.03 Å². The fourth-order valence-corrected chi connectivity index (χ4v) is 4.89. The van der Waals surface area contributed by atoms with Gasteiger partial charge in [0.2, 0.25) is 10.0 Å². The number of nitrogens with two attached hydrogens (primary N) is 1. The molecule has 0 saturated carbocycles. The van der Waals surface area contributed by atoms with Gasteiger partial charge in [-0.2, -0.15) is 4.31 Å². The molecule has 2 aliphatic rings. The van der Waals surface area contributed by atoms with E-state index in [4.69, 9.17) is 5.73 Å². The highest BCUT2D eigenvalue weighted by Gasteiger charge is 2.28. The van der Waals surface area contributed by atoms with Crippen molar-refractivity contribution in [2.24, 2.45) is 5.73 Å². The average Bonchev–Trinajstić information content (AvgIpc) is 2.81. The molecule has 23 heavy (non-hydrogen) atoms. The number of primary amides is 1. The smallest absolute Gasteiger partial charge is 0.314 e. The minimum atomic E-state index is -3.51. The number of carbonyl (C=O) groups excluding carboxylic acids is 1. The lowest BCUT2D eigenvalue weighted by Crippen LogP contribution is -2.39. The summed E-state index contributed by atoms with van der Waals surface area (Å²) in [5, 5.41) is 0. The molecule has 0 radical (unpaired) electrons. The zero-order chi connectivity index (χ0) is 16.4. The molecule has 0 atom stereocenters. The monoisotopic (exact) mass is 337 g/mol. The Kier molecular flexibility index (Phi) is 4.59. The molecule has 2 N–H and O–H groups in total. The normalized spacial score (nSPS) is 19.9. The van der Waals surface area contributed by atoms with Crippen LogP contribution in [0.5, 0.6) is 0 Å². The number of nitrogens with zero attached hydrogens (tertiary/aromatic N) is 2. The first kappa shape index (κ1) is 16.3. The van der Waals surface area contributed by atoms with Crippen LogP contribution in [0.3, 0.4) is 0 Å². The number of hydrogen-bond donors (Lipinski definition) is 1. The maximum atomic E-state index is 12.9. The second kappa shape index (κ2) is 6.49. The number of urea groups is 1. The molecule has 1 aliphatic heterocycles. The van der Waals surface area contributed by atoms with Gasteiger partial charge in [0.05, 0.1) is 4.90 Å². The summed E-state index contributed by atoms with van der Waals surface area (Å²) >= 11 is 0. The molecule has 0 unspecified atom stereocenters. The van der Waals surface area contributed by atoms with Crippen molar-refractivity contribution in [2.45, 2.75) is 37.0 Å². The van der Waals surface area contributed by atoms with Crippen LogP contribution in [0.1, 0.15) is 30.4 Å². The molecule has 1 aromatic rings. The number of rotatable bonds is 2. The second-order valence-electron chi connectivity index (χ2n) is 6.22. The summed E-state index contributed by atoms with van der Waals surface area (Å²) in [6, 6.07) is 5.02. The van der Waals surface area contributed by atoms with Gasteiger partial charge in [-0.05, 0) is 55.4 Å². The Balaban J connectivity index is 1.82. The van der Waals surface area contributed by atoms with Crippen LogP contribution in [0.2, 0.25) is 0 Å². The first-order valence-electron chi connectivity index (χ1n) is 8.15. The first-order chi connectivity index (χ1) is 11.0. The predicted octanol–water partition coefficient (Wildman–Crippen LogP) is 1.34. The van der Waals surface area contributed by atoms with Crippen LogP contribution in [0.4, 0.5) is 4.79 Å². The topological polar surface area (TPSA) is 83.7 Å². The van der Waals surface area contributed by atoms with Crippen LogP contribution in [0, 0.1) is 0 Å². The van der Waals surface area contributed by atoms with E-state index in [0.717, 1.165) is 24.8 Å². The van der Waals surface area contributed by atoms with Crippen LogP contribution in [-0.2, 0) is 22.9 Å². The highest BCUT2D eigenvalue weighted by molar-refractivity contribution is 7.89. The summed E-state index contributed by atoms with van der Waals surface area (Å²) in [6.07, 6.45) is 4.89. The van der Waals surface area contributed by atoms with Gasteiger partial charge in [-0.1, -0.05) is 6.07 Å². The van der Waals surface area contributed by atoms with E-state index in [1.54, 1.807) is 6.07 Å². The largest absolute Gasteiger partial charge is 0.351 e. The number of sulfonamides is 1. The number of carbonyl (C=O) groups is 1. The van der Waals surface area contributed by atoms with Crippen LogP contribution < -0.4 is 5.73 Å². The molecular formula is C16H23N3O3S. The Morgan fingerprint density at radius 3 is 2.43 bits per heavy atom. The van der Waals surface area contributed by atoms with E-state index in [0.29, 0.717) is 37.5 Å². The number of aryl methyl sites for hydroxylation is 2. The fraction of sp³-hybridized carbons (Fsp3) is 0.562. The highest BCUT2D eigenvalue weighted by atomic mass is 32.2. The van der Waals surface area contributed by atoms with Crippen molar-refractivity contribution in [3.05, 3.63) is 29.3 Å². The maximum Gasteiger partial charge on any atom is 0.314 e. The van der Waals surface area contributed by atoms with Gasteiger partial charge in [-0.3, -0.25) is 0 Å². The molecular weight excluding hydrogens is 314 g/mol. The minimum Gasteiger partial charge on any atom is -0.351 e. The van der Waals surface area contributed by atoms with Gasteiger partial charge < -0.3 is 10.6 Å². The lowest BCUT2D eigenvalue weighted by atomic mass is 9.92. The molecule has 1 heterocycles. The van der Waals surface area contributed by atoms with Crippen molar-refractivity contribution in [2.75, 3.05) is 26.2 Å². The van der Waals surface area contributed by atoms with Crippen LogP contribution in [0.15, 0.2) is 23.1 Å². The minimum absolute atomic E-state index is 0.294. The van der Waals surface area contributed by atoms with Crippen molar-refractivity contribution in [3.63, 3.8) is 0 Å². The van der Waals surface area contributed by atoms with Crippen molar-refractivity contribution in [1.29, 1.82) is 0 Å². The lowest BCUT2D eigenvalue weighted by Gasteiger charge is -2.22. The van der Waals surface area contributed by atoms with Crippen LogP contribution in [0.25, 0.3) is 0 Å². The summed E-state index contributed by atoms with van der Waals surface area (Å²) in [6.45, 7) is 1.57. The third kappa shape index (κ3) is 3.35. The van der Waals surface area contributed by atoms with Gasteiger partial charge in [0.25, 0.3) is 0 Å². The summed E-state index contributed by atoms with van der Waals surface area (Å²) in [5.41, 5.74) is 7.73. The Bertz CT molecular complexity index is 703. The molecule has 6 nitrogen and oxygen atoms in total. The Morgan fingerprint density at radius 2 is 1.70 bits per heavy atom. The predicted molar refractivity (Wildman–Crippen MR) is 87.6 cm³/mol. The number of fused-ring (bicyclic) bond motifs is 1. The Hall–Kier alpha value is -1.60. The summed E-state index contributed by atoms with van der Waals surface area (Å²) in [7, 11) is -3.51. The van der Waals surface area contributed by atoms with Crippen LogP contribution >= 0.6 is 0 Å². The van der Waals surface area contributed by atoms with E-state index < -0.39 is 16.1 Å². The molecule has 1 fully saturated rings. The molecule has 2 amide bonds. The van der Waals surface area contributed by atoms with Gasteiger partial charge in [0, 0.05) is 26.2 Å². The van der Waals surface area contributed by atoms with Crippen molar-refractivity contribution in [1.82, 2.24) is 9.21 Å². The third-order valence-corrected chi connectivity index (χ3v) is 6.62. The molecule has 7 heteroatoms. The fourth-order valence-electron chi connectivity index (χ4n) is 3.37. The van der Waals surface area contributed by atoms with E-state index in [2.05, 4.69) is 0 Å². The molecule has 1 aliphatic carbocycles. The third-order valence-electron chi connectivity index (χ3n) is 4.72. The molecule has 0 spiro atoms. The van der Waals surface area contributed by atoms with Crippen molar-refractivity contribution >= 4 is 16.1 Å². The summed E-state index contributed by atoms with van der Waals surface area (Å²) in [5.74, 6) is 0. The van der Waals surface area contributed by atoms with Crippen molar-refractivity contribution in [3.8, 4) is 0 Å². The second-order valence-corrected chi connectivity index (χ2v) is 8.16. The molecule has 0 aromatic heterocycles. The lowest BCUT2D eigenvalue weighted by molar-refractivity contribution is 0.210. The standard InChI is InChI=1S/C16H23N3O3S/c17-16(20)18-8-3-9-19(11-10-18)23(21,22)15-7-6-13-4-1-2-5-14(13)12-15/h6-7,12H,1-5,8-11H2,(H2,17,20). The zero-order valence-electron chi connectivity index (χ0n) is 13.2. The van der Waals surface area contributed by atoms with Crippen molar-refractivity contribution < 1.29 is 13.2 Å². The molecule has 1 aromatic carbocycles. The van der Waals surface area contributed by atoms with E-state index in [1.807, 2.05) is 12.1 Å². The molecule has 1 saturated heterocycles. The average molecular weight is 337 g/mol. The van der Waals surface area contributed by atoms with Crippen LogP contribution in [-0.4, -0.2) is 49.8 Å². The molecule has 126 valence electrons. The first-order valence-corrected chi connectivity index (χ1v) is 9.59. The highest BCUT2D eigenvalue weighted by Crippen LogP contribution is 2.26. The van der Waals surface area contributed by atoms with E-state index in [1.165, 1.54) is 21.2 Å². The summed E-state index contributed by atoms with van der Waals surface area (Å²) in [4.78, 5) is 13.1. The zero-order valence-corrected chi connectivity index (χ0v) is 14.0. The SMILES string of the molecule is NC(=O)N1CCCN(S(=O)(=O)c2ccc3c(c2)CCCC3)CC1. The van der Waals surface area contributed by atoms with E-state index in [-0.39, 0.29) is 0 Å². The summed E-state index contributed by atoms with van der Waals surface area (Å²) < 4.78 is 27.3. The Labute approximate surface area is 137 Å². The van der Waals surface area contributed by atoms with E-state index >= 15 is 0 Å². The maximum absolute atomic E-state index is 12.9. The van der Waals surface area contributed by atoms with Gasteiger partial charge in [0.15, 0.2) is 0 Å². The quantitative estimate of drug-likeness (QED) is 0.884. The number of benzene rings is 1. The number of hydrogen-bond acceptors (Lipinski definition) is 3. The molecule has 0 bridgehead atoms. The number of amides is 2. The van der Waals surface area contributed by atoms with Gasteiger partial charge in [-0.15, -0.1) is 0 Å². The van der Waals surface area contributed by atoms with Gasteiger partial charge in [-0.25, -0.2) is 13.2 Å².